The lowest BCUT2D eigenvalue weighted by Crippen LogP contribution is -2.51. The highest BCUT2D eigenvalue weighted by Crippen LogP contribution is 2.40. The summed E-state index contributed by atoms with van der Waals surface area (Å²) in [6.45, 7) is -1.94. The summed E-state index contributed by atoms with van der Waals surface area (Å²) in [5, 5.41) is 25.6. The third kappa shape index (κ3) is 9.40. The molecule has 4 aromatic rings. The molecule has 2 atom stereocenters. The molecule has 2 aromatic carbocycles. The highest BCUT2D eigenvalue weighted by atomic mass is 35.5. The molecule has 0 spiro atoms. The van der Waals surface area contributed by atoms with Gasteiger partial charge in [-0.05, 0) is 56.0 Å². The number of amides is 2. The third-order valence-electron chi connectivity index (χ3n) is 9.12. The Balaban J connectivity index is 1.57. The minimum absolute atomic E-state index is 0.0352. The average molecular weight is 803 g/mol. The summed E-state index contributed by atoms with van der Waals surface area (Å²) in [6, 6.07) is 8.13. The first-order chi connectivity index (χ1) is 25.7. The number of rotatable bonds is 13. The van der Waals surface area contributed by atoms with E-state index in [1.54, 1.807) is 4.80 Å². The zero-order valence-electron chi connectivity index (χ0n) is 29.4. The minimum atomic E-state index is -4.95. The summed E-state index contributed by atoms with van der Waals surface area (Å²) in [4.78, 5) is 33.3. The number of hydrogen-bond acceptors (Lipinski definition) is 7. The Morgan fingerprint density at radius 2 is 1.69 bits per heavy atom. The fraction of sp³-hybridized carbons (Fsp3) is 0.441. The van der Waals surface area contributed by atoms with Gasteiger partial charge in [0.15, 0.2) is 11.8 Å². The Morgan fingerprint density at radius 1 is 1.02 bits per heavy atom. The van der Waals surface area contributed by atoms with Crippen LogP contribution in [0.15, 0.2) is 55.0 Å². The number of carbonyl (C=O) groups is 2. The van der Waals surface area contributed by atoms with Crippen molar-refractivity contribution in [3.63, 3.8) is 0 Å². The quantitative estimate of drug-likeness (QED) is 0.0718. The van der Waals surface area contributed by atoms with E-state index in [4.69, 9.17) is 17.0 Å². The molecule has 21 heteroatoms. The van der Waals surface area contributed by atoms with Crippen LogP contribution in [0.25, 0.3) is 22.6 Å². The zero-order chi connectivity index (χ0) is 40.5. The molecule has 2 aromatic heterocycles. The third-order valence-corrected chi connectivity index (χ3v) is 9.45. The minimum Gasteiger partial charge on any atom is -0.356 e. The largest absolute Gasteiger partial charge is 0.400 e. The van der Waals surface area contributed by atoms with Crippen LogP contribution in [0.1, 0.15) is 74.6 Å². The van der Waals surface area contributed by atoms with E-state index in [2.05, 4.69) is 30.9 Å². The molecule has 0 saturated heterocycles. The maximum Gasteiger partial charge on any atom is 0.400 e. The van der Waals surface area contributed by atoms with Crippen LogP contribution >= 0.6 is 11.6 Å². The van der Waals surface area contributed by atoms with Gasteiger partial charge in [0.25, 0.3) is 5.91 Å². The lowest BCUT2D eigenvalue weighted by molar-refractivity contribution is -0.213. The molecule has 5 rings (SSSR count). The standard InChI is InChI=1S/C34H35ClF8N10O2/c1-18(33(38,39)40)28(54)46-16-26(21-8-11-24(35)23(14-21)27-47-17-49-52(27)30(36)37)51(31(44)45-13-12-32(2,3)34(41,42)43)29(55)20-6-4-19(5-7-20)25-15-48-53(50-25)22-9-10-22/h4-8,11,14-15,17-18,22,26,30H,9-10,12-13,16H2,1-3H3,(H2,44,45)(H,46,54)/t18-,26+/m0/s1. The van der Waals surface area contributed by atoms with Crippen LogP contribution < -0.4 is 10.6 Å². The second kappa shape index (κ2) is 15.9. The van der Waals surface area contributed by atoms with Crippen molar-refractivity contribution in [1.29, 1.82) is 5.41 Å². The maximum absolute atomic E-state index is 14.4. The van der Waals surface area contributed by atoms with E-state index in [1.807, 2.05) is 0 Å². The fourth-order valence-electron chi connectivity index (χ4n) is 5.30. The van der Waals surface area contributed by atoms with Gasteiger partial charge in [0.05, 0.1) is 28.7 Å². The van der Waals surface area contributed by atoms with Crippen LogP contribution in [-0.2, 0) is 4.79 Å². The van der Waals surface area contributed by atoms with Gasteiger partial charge in [-0.3, -0.25) is 19.9 Å². The van der Waals surface area contributed by atoms with E-state index in [9.17, 15) is 44.7 Å². The van der Waals surface area contributed by atoms with Crippen LogP contribution in [0.2, 0.25) is 5.02 Å². The summed E-state index contributed by atoms with van der Waals surface area (Å²) < 4.78 is 109. The molecule has 12 nitrogen and oxygen atoms in total. The molecule has 2 amide bonds. The van der Waals surface area contributed by atoms with E-state index in [-0.39, 0.29) is 32.4 Å². The number of nitrogens with one attached hydrogen (secondary N) is 3. The Morgan fingerprint density at radius 3 is 2.29 bits per heavy atom. The van der Waals surface area contributed by atoms with Crippen molar-refractivity contribution in [2.24, 2.45) is 11.3 Å². The Bertz CT molecular complexity index is 2010. The van der Waals surface area contributed by atoms with E-state index in [0.29, 0.717) is 18.2 Å². The number of benzene rings is 2. The lowest BCUT2D eigenvalue weighted by atomic mass is 9.88. The van der Waals surface area contributed by atoms with Crippen molar-refractivity contribution < 1.29 is 44.7 Å². The molecule has 1 fully saturated rings. The van der Waals surface area contributed by atoms with Crippen molar-refractivity contribution in [3.05, 3.63) is 71.1 Å². The molecular weight excluding hydrogens is 768 g/mol. The van der Waals surface area contributed by atoms with Crippen molar-refractivity contribution >= 4 is 29.4 Å². The van der Waals surface area contributed by atoms with Crippen LogP contribution in [0.5, 0.6) is 0 Å². The van der Waals surface area contributed by atoms with Gasteiger partial charge in [-0.25, -0.2) is 4.98 Å². The molecule has 1 aliphatic rings. The number of aromatic nitrogens is 6. The number of carbonyl (C=O) groups excluding carboxylic acids is 2. The molecule has 0 unspecified atom stereocenters. The normalized spacial score (nSPS) is 14.8. The van der Waals surface area contributed by atoms with Gasteiger partial charge in [-0.1, -0.05) is 43.6 Å². The van der Waals surface area contributed by atoms with Crippen molar-refractivity contribution in [2.75, 3.05) is 13.1 Å². The Kier molecular flexibility index (Phi) is 11.9. The molecule has 3 N–H and O–H groups in total. The second-order valence-electron chi connectivity index (χ2n) is 13.5. The van der Waals surface area contributed by atoms with Gasteiger partial charge in [0.2, 0.25) is 5.91 Å². The van der Waals surface area contributed by atoms with E-state index < -0.39 is 79.4 Å². The van der Waals surface area contributed by atoms with Gasteiger partial charge >= 0.3 is 18.9 Å². The molecule has 2 heterocycles. The molecule has 1 aliphatic carbocycles. The number of alkyl halides is 8. The van der Waals surface area contributed by atoms with Crippen molar-refractivity contribution in [3.8, 4) is 22.6 Å². The lowest BCUT2D eigenvalue weighted by Gasteiger charge is -2.34. The van der Waals surface area contributed by atoms with Crippen LogP contribution in [0.4, 0.5) is 35.1 Å². The average Bonchev–Trinajstić information content (AvgIpc) is 3.62. The van der Waals surface area contributed by atoms with Gasteiger partial charge < -0.3 is 10.6 Å². The first-order valence-corrected chi connectivity index (χ1v) is 17.1. The first kappa shape index (κ1) is 41.0. The summed E-state index contributed by atoms with van der Waals surface area (Å²) in [6.07, 6.45) is -5.90. The predicted octanol–water partition coefficient (Wildman–Crippen LogP) is 7.59. The molecular formula is C34H35ClF8N10O2. The van der Waals surface area contributed by atoms with Crippen molar-refractivity contribution in [1.82, 2.24) is 45.3 Å². The second-order valence-corrected chi connectivity index (χ2v) is 13.9. The van der Waals surface area contributed by atoms with Crippen molar-refractivity contribution in [2.45, 2.75) is 71.0 Å². The van der Waals surface area contributed by atoms with Gasteiger partial charge in [0.1, 0.15) is 17.9 Å². The molecule has 0 bridgehead atoms. The molecule has 0 radical (unpaired) electrons. The Hall–Kier alpha value is -5.14. The molecule has 0 aliphatic heterocycles. The fourth-order valence-corrected chi connectivity index (χ4v) is 5.50. The molecule has 55 heavy (non-hydrogen) atoms. The topological polar surface area (TPSA) is 147 Å². The number of hydrogen-bond donors (Lipinski definition) is 3. The summed E-state index contributed by atoms with van der Waals surface area (Å²) in [5.41, 5.74) is -1.43. The van der Waals surface area contributed by atoms with Crippen LogP contribution in [0.3, 0.4) is 0 Å². The maximum atomic E-state index is 14.4. The van der Waals surface area contributed by atoms with Gasteiger partial charge in [0, 0.05) is 29.8 Å². The molecule has 1 saturated carbocycles. The van der Waals surface area contributed by atoms with Crippen LogP contribution in [-0.4, -0.2) is 77.9 Å². The summed E-state index contributed by atoms with van der Waals surface area (Å²) in [7, 11) is 0. The van der Waals surface area contributed by atoms with E-state index in [0.717, 1.165) is 37.9 Å². The summed E-state index contributed by atoms with van der Waals surface area (Å²) in [5.74, 6) is -6.17. The van der Waals surface area contributed by atoms with E-state index >= 15 is 0 Å². The van der Waals surface area contributed by atoms with Gasteiger partial charge in [-0.2, -0.15) is 59.9 Å². The molecule has 296 valence electrons. The Labute approximate surface area is 313 Å². The predicted molar refractivity (Wildman–Crippen MR) is 183 cm³/mol. The highest BCUT2D eigenvalue weighted by molar-refractivity contribution is 6.33. The number of halogens is 9. The van der Waals surface area contributed by atoms with Gasteiger partial charge in [-0.15, -0.1) is 0 Å². The smallest absolute Gasteiger partial charge is 0.356 e. The van der Waals surface area contributed by atoms with Crippen LogP contribution in [0, 0.1) is 16.7 Å². The first-order valence-electron chi connectivity index (χ1n) is 16.8. The SMILES string of the molecule is C[C@@H](C(=O)NC[C@H](c1ccc(Cl)c(-c2ncnn2C(F)F)c1)N(C(=N)NCCC(C)(C)C(F)(F)F)C(=O)c1ccc(-c2cnn(C3CC3)n2)cc1)C(F)(F)F. The number of guanidine groups is 1. The number of nitrogens with zero attached hydrogens (tertiary/aromatic N) is 7. The monoisotopic (exact) mass is 802 g/mol. The van der Waals surface area contributed by atoms with E-state index in [1.165, 1.54) is 48.7 Å². The zero-order valence-corrected chi connectivity index (χ0v) is 30.1. The highest BCUT2D eigenvalue weighted by Gasteiger charge is 2.47. The summed E-state index contributed by atoms with van der Waals surface area (Å²) >= 11 is 6.37.